The molecule has 0 amide bonds. The molecule has 0 bridgehead atoms. The Hall–Kier alpha value is -2.09. The van der Waals surface area contributed by atoms with Crippen LogP contribution < -0.4 is 0 Å². The van der Waals surface area contributed by atoms with E-state index in [0.29, 0.717) is 5.92 Å². The third-order valence-corrected chi connectivity index (χ3v) is 6.42. The summed E-state index contributed by atoms with van der Waals surface area (Å²) in [7, 11) is 0. The van der Waals surface area contributed by atoms with Gasteiger partial charge in [-0.25, -0.2) is 4.39 Å². The van der Waals surface area contributed by atoms with Crippen molar-refractivity contribution in [1.29, 1.82) is 0 Å². The maximum Gasteiger partial charge on any atom is 0.123 e. The summed E-state index contributed by atoms with van der Waals surface area (Å²) < 4.78 is 13.6. The smallest absolute Gasteiger partial charge is 0.123 e. The van der Waals surface area contributed by atoms with Crippen molar-refractivity contribution in [3.8, 4) is 0 Å². The highest BCUT2D eigenvalue weighted by molar-refractivity contribution is 5.80. The molecule has 1 fully saturated rings. The summed E-state index contributed by atoms with van der Waals surface area (Å²) >= 11 is 0. The maximum absolute atomic E-state index is 13.6. The molecule has 4 rings (SSSR count). The lowest BCUT2D eigenvalue weighted by atomic mass is 9.80. The second-order valence-electron chi connectivity index (χ2n) is 8.52. The predicted octanol–water partition coefficient (Wildman–Crippen LogP) is 7.22. The second kappa shape index (κ2) is 7.88. The van der Waals surface area contributed by atoms with Crippen LogP contribution in [0.5, 0.6) is 0 Å². The van der Waals surface area contributed by atoms with Crippen LogP contribution in [0, 0.1) is 25.6 Å². The van der Waals surface area contributed by atoms with Gasteiger partial charge in [0, 0.05) is 16.6 Å². The molecule has 142 valence electrons. The van der Waals surface area contributed by atoms with Crippen LogP contribution in [0.3, 0.4) is 0 Å². The number of rotatable bonds is 3. The lowest BCUT2D eigenvalue weighted by molar-refractivity contribution is 0.343. The Balaban J connectivity index is 1.55. The average Bonchev–Trinajstić information content (AvgIpc) is 3.03. The van der Waals surface area contributed by atoms with Crippen LogP contribution in [0.4, 0.5) is 4.39 Å². The minimum Gasteiger partial charge on any atom is -0.358 e. The number of fused-ring (bicyclic) bond motifs is 1. The molecule has 1 heterocycles. The number of aromatic nitrogens is 1. The molecule has 2 atom stereocenters. The van der Waals surface area contributed by atoms with Gasteiger partial charge in [0.25, 0.3) is 0 Å². The van der Waals surface area contributed by atoms with E-state index in [-0.39, 0.29) is 5.82 Å². The Kier molecular flexibility index (Phi) is 5.33. The maximum atomic E-state index is 13.6. The zero-order chi connectivity index (χ0) is 18.8. The molecule has 2 heteroatoms. The fourth-order valence-corrected chi connectivity index (χ4v) is 4.72. The van der Waals surface area contributed by atoms with Crippen molar-refractivity contribution in [2.24, 2.45) is 5.92 Å². The fourth-order valence-electron chi connectivity index (χ4n) is 4.72. The zero-order valence-corrected chi connectivity index (χ0v) is 16.5. The number of H-pyrrole nitrogens is 1. The molecule has 2 unspecified atom stereocenters. The van der Waals surface area contributed by atoms with Gasteiger partial charge in [0.1, 0.15) is 5.82 Å². The molecule has 0 spiro atoms. The van der Waals surface area contributed by atoms with E-state index in [0.717, 1.165) is 16.8 Å². The van der Waals surface area contributed by atoms with E-state index in [4.69, 9.17) is 0 Å². The number of nitrogens with one attached hydrogen (secondary N) is 1. The standard InChI is InChI=1S/C25H30FN/c1-17-8-9-20(12-18(17)2)13-19-6-4-3-5-7-21(14-19)25-16-22-15-23(26)10-11-24(22)27-25/h8-12,15-16,19,21,27H,3-7,13-14H2,1-2H3. The van der Waals surface area contributed by atoms with Crippen LogP contribution >= 0.6 is 0 Å². The summed E-state index contributed by atoms with van der Waals surface area (Å²) in [5, 5.41) is 0.998. The van der Waals surface area contributed by atoms with Crippen LogP contribution in [0.1, 0.15) is 66.8 Å². The lowest BCUT2D eigenvalue weighted by Gasteiger charge is -2.26. The normalized spacial score (nSPS) is 21.1. The van der Waals surface area contributed by atoms with Crippen LogP contribution in [0.25, 0.3) is 10.9 Å². The number of hydrogen-bond acceptors (Lipinski definition) is 0. The molecule has 0 radical (unpaired) electrons. The Morgan fingerprint density at radius 3 is 2.63 bits per heavy atom. The molecule has 2 aromatic carbocycles. The number of aromatic amines is 1. The van der Waals surface area contributed by atoms with Crippen molar-refractivity contribution in [3.63, 3.8) is 0 Å². The molecule has 1 aliphatic rings. The van der Waals surface area contributed by atoms with Crippen molar-refractivity contribution in [1.82, 2.24) is 4.98 Å². The Labute approximate surface area is 162 Å². The summed E-state index contributed by atoms with van der Waals surface area (Å²) in [5.74, 6) is 1.12. The third kappa shape index (κ3) is 4.26. The van der Waals surface area contributed by atoms with Crippen molar-refractivity contribution in [3.05, 3.63) is 70.7 Å². The van der Waals surface area contributed by atoms with E-state index in [1.165, 1.54) is 67.3 Å². The van der Waals surface area contributed by atoms with Gasteiger partial charge in [-0.15, -0.1) is 0 Å². The van der Waals surface area contributed by atoms with Crippen LogP contribution in [0.15, 0.2) is 42.5 Å². The van der Waals surface area contributed by atoms with E-state index >= 15 is 0 Å². The Bertz CT molecular complexity index is 923. The van der Waals surface area contributed by atoms with Gasteiger partial charge in [0.05, 0.1) is 0 Å². The molecule has 3 aromatic rings. The molecule has 0 saturated heterocycles. The first-order valence-electron chi connectivity index (χ1n) is 10.4. The van der Waals surface area contributed by atoms with E-state index in [9.17, 15) is 4.39 Å². The highest BCUT2D eigenvalue weighted by Crippen LogP contribution is 2.36. The molecular formula is C25H30FN. The molecule has 1 N–H and O–H groups in total. The molecule has 27 heavy (non-hydrogen) atoms. The van der Waals surface area contributed by atoms with Crippen molar-refractivity contribution in [2.45, 2.75) is 64.7 Å². The largest absolute Gasteiger partial charge is 0.358 e. The average molecular weight is 364 g/mol. The first kappa shape index (κ1) is 18.3. The first-order chi connectivity index (χ1) is 13.1. The predicted molar refractivity (Wildman–Crippen MR) is 112 cm³/mol. The van der Waals surface area contributed by atoms with Gasteiger partial charge in [0.15, 0.2) is 0 Å². The Morgan fingerprint density at radius 2 is 1.78 bits per heavy atom. The first-order valence-corrected chi connectivity index (χ1v) is 10.4. The van der Waals surface area contributed by atoms with Crippen molar-refractivity contribution in [2.75, 3.05) is 0 Å². The van der Waals surface area contributed by atoms with E-state index in [1.54, 1.807) is 12.1 Å². The van der Waals surface area contributed by atoms with Crippen molar-refractivity contribution >= 4 is 10.9 Å². The minimum absolute atomic E-state index is 0.154. The number of halogens is 1. The van der Waals surface area contributed by atoms with Crippen molar-refractivity contribution < 1.29 is 4.39 Å². The molecule has 1 aliphatic carbocycles. The highest BCUT2D eigenvalue weighted by atomic mass is 19.1. The highest BCUT2D eigenvalue weighted by Gasteiger charge is 2.22. The number of aryl methyl sites for hydroxylation is 2. The van der Waals surface area contributed by atoms with Gasteiger partial charge in [-0.2, -0.15) is 0 Å². The number of hydrogen-bond donors (Lipinski definition) is 1. The second-order valence-corrected chi connectivity index (χ2v) is 8.52. The van der Waals surface area contributed by atoms with Gasteiger partial charge in [0.2, 0.25) is 0 Å². The van der Waals surface area contributed by atoms with Gasteiger partial charge < -0.3 is 4.98 Å². The lowest BCUT2D eigenvalue weighted by Crippen LogP contribution is -2.14. The fraction of sp³-hybridized carbons (Fsp3) is 0.440. The van der Waals surface area contributed by atoms with Gasteiger partial charge in [-0.3, -0.25) is 0 Å². The molecule has 0 aliphatic heterocycles. The summed E-state index contributed by atoms with van der Waals surface area (Å²) in [6.45, 7) is 4.40. The van der Waals surface area contributed by atoms with E-state index in [1.807, 2.05) is 6.07 Å². The molecule has 1 aromatic heterocycles. The quantitative estimate of drug-likeness (QED) is 0.505. The monoisotopic (exact) mass is 363 g/mol. The van der Waals surface area contributed by atoms with Crippen LogP contribution in [-0.2, 0) is 6.42 Å². The van der Waals surface area contributed by atoms with Crippen LogP contribution in [0.2, 0.25) is 0 Å². The van der Waals surface area contributed by atoms with Gasteiger partial charge >= 0.3 is 0 Å². The third-order valence-electron chi connectivity index (χ3n) is 6.42. The summed E-state index contributed by atoms with van der Waals surface area (Å²) in [5.41, 5.74) is 6.59. The molecule has 1 nitrogen and oxygen atoms in total. The summed E-state index contributed by atoms with van der Waals surface area (Å²) in [4.78, 5) is 3.58. The van der Waals surface area contributed by atoms with E-state index < -0.39 is 0 Å². The van der Waals surface area contributed by atoms with Crippen LogP contribution in [-0.4, -0.2) is 4.98 Å². The zero-order valence-electron chi connectivity index (χ0n) is 16.5. The molecule has 1 saturated carbocycles. The summed E-state index contributed by atoms with van der Waals surface area (Å²) in [6, 6.07) is 14.2. The SMILES string of the molecule is Cc1ccc(CC2CCCCCC(c3cc4cc(F)ccc4[nH]3)C2)cc1C. The molecular weight excluding hydrogens is 333 g/mol. The van der Waals surface area contributed by atoms with Gasteiger partial charge in [-0.05, 0) is 85.9 Å². The van der Waals surface area contributed by atoms with E-state index in [2.05, 4.69) is 43.1 Å². The number of benzene rings is 2. The van der Waals surface area contributed by atoms with Gasteiger partial charge in [-0.1, -0.05) is 43.9 Å². The minimum atomic E-state index is -0.154. The summed E-state index contributed by atoms with van der Waals surface area (Å²) in [6.07, 6.45) is 8.92. The Morgan fingerprint density at radius 1 is 0.926 bits per heavy atom. The topological polar surface area (TPSA) is 15.8 Å².